The number of hydrogen-bond donors (Lipinski definition) is 3. The van der Waals surface area contributed by atoms with E-state index in [1.165, 1.54) is 5.56 Å². The van der Waals surface area contributed by atoms with Gasteiger partial charge in [0, 0.05) is 30.1 Å². The van der Waals surface area contributed by atoms with Crippen LogP contribution in [-0.4, -0.2) is 67.0 Å². The van der Waals surface area contributed by atoms with Crippen molar-refractivity contribution in [2.75, 3.05) is 6.54 Å². The molecule has 2 bridgehead atoms. The van der Waals surface area contributed by atoms with Crippen LogP contribution in [0.2, 0.25) is 18.1 Å². The molecule has 0 saturated carbocycles. The monoisotopic (exact) mass is 677 g/mol. The third kappa shape index (κ3) is 9.34. The third-order valence-corrected chi connectivity index (χ3v) is 18.6. The fourth-order valence-corrected chi connectivity index (χ4v) is 17.5. The zero-order valence-electron chi connectivity index (χ0n) is 27.5. The molecule has 6 unspecified atom stereocenters. The Morgan fingerprint density at radius 3 is 1.91 bits per heavy atom. The van der Waals surface area contributed by atoms with Crippen LogP contribution in [0.3, 0.4) is 0 Å². The van der Waals surface area contributed by atoms with Crippen molar-refractivity contribution in [1.29, 1.82) is 0 Å². The Morgan fingerprint density at radius 1 is 0.800 bits per heavy atom. The summed E-state index contributed by atoms with van der Waals surface area (Å²) in [7, 11) is -11.0. The summed E-state index contributed by atoms with van der Waals surface area (Å²) in [5.74, 6) is 0.440. The molecule has 0 aliphatic carbocycles. The number of fused-ring (bicyclic) bond motifs is 2. The van der Waals surface area contributed by atoms with Gasteiger partial charge in [-0.15, -0.1) is 0 Å². The normalized spacial score (nSPS) is 30.3. The number of amides is 1. The van der Waals surface area contributed by atoms with Gasteiger partial charge in [-0.2, -0.15) is 0 Å². The first-order valence-corrected chi connectivity index (χ1v) is 22.2. The van der Waals surface area contributed by atoms with Crippen LogP contribution in [0.15, 0.2) is 54.6 Å². The topological polar surface area (TPSA) is 125 Å². The molecule has 2 heterocycles. The Bertz CT molecular complexity index is 1240. The number of carbonyl (C=O) groups excluding carboxylic acids is 1. The number of benzene rings is 2. The molecule has 250 valence electrons. The predicted molar refractivity (Wildman–Crippen MR) is 178 cm³/mol. The molecule has 0 spiro atoms. The molecule has 2 saturated heterocycles. The molecule has 0 aromatic heterocycles. The summed E-state index contributed by atoms with van der Waals surface area (Å²) < 4.78 is 37.2. The van der Waals surface area contributed by atoms with Gasteiger partial charge in [-0.3, -0.25) is 0 Å². The van der Waals surface area contributed by atoms with E-state index in [0.717, 1.165) is 31.2 Å². The van der Waals surface area contributed by atoms with Crippen molar-refractivity contribution in [3.8, 4) is 5.75 Å². The quantitative estimate of drug-likeness (QED) is 0.169. The maximum atomic E-state index is 12.6. The summed E-state index contributed by atoms with van der Waals surface area (Å²) in [6.07, 6.45) is 1.50. The molecule has 13 heteroatoms. The van der Waals surface area contributed by atoms with Gasteiger partial charge in [0.05, 0.1) is 18.3 Å². The van der Waals surface area contributed by atoms with Crippen molar-refractivity contribution < 1.29 is 40.6 Å². The molecule has 6 atom stereocenters. The highest BCUT2D eigenvalue weighted by Crippen LogP contribution is 2.39. The number of ether oxygens (including phenoxy) is 1. The van der Waals surface area contributed by atoms with E-state index in [9.17, 15) is 14.4 Å². The number of carbonyl (C=O) groups is 1. The molecule has 2 aliphatic heterocycles. The maximum Gasteiger partial charge on any atom is 0.491 e. The van der Waals surface area contributed by atoms with Crippen LogP contribution in [0.25, 0.3) is 0 Å². The van der Waals surface area contributed by atoms with Crippen LogP contribution in [-0.2, 0) is 26.9 Å². The smallest absolute Gasteiger partial charge is 0.410 e. The van der Waals surface area contributed by atoms with Crippen LogP contribution in [0.1, 0.15) is 84.8 Å². The first kappa shape index (κ1) is 35.9. The minimum Gasteiger partial charge on any atom is -0.410 e. The zero-order valence-corrected chi connectivity index (χ0v) is 30.5. The molecule has 2 aliphatic rings. The zero-order chi connectivity index (χ0) is 32.7. The molecule has 2 aromatic rings. The van der Waals surface area contributed by atoms with Gasteiger partial charge in [0.2, 0.25) is 0 Å². The summed E-state index contributed by atoms with van der Waals surface area (Å²) in [4.78, 5) is 35.9. The van der Waals surface area contributed by atoms with E-state index in [0.29, 0.717) is 24.3 Å². The Balaban J connectivity index is 1.36. The van der Waals surface area contributed by atoms with Gasteiger partial charge in [-0.25, -0.2) is 4.79 Å². The van der Waals surface area contributed by atoms with Crippen molar-refractivity contribution in [3.63, 3.8) is 0 Å². The Labute approximate surface area is 271 Å². The lowest BCUT2D eigenvalue weighted by atomic mass is 9.78. The molecule has 0 radical (unpaired) electrons. The molecular weight excluding hydrogens is 627 g/mol. The molecule has 45 heavy (non-hydrogen) atoms. The van der Waals surface area contributed by atoms with Crippen LogP contribution < -0.4 is 10.1 Å². The van der Waals surface area contributed by atoms with Crippen molar-refractivity contribution in [3.05, 3.63) is 65.7 Å². The Morgan fingerprint density at radius 2 is 1.33 bits per heavy atom. The van der Waals surface area contributed by atoms with Gasteiger partial charge >= 0.3 is 32.5 Å². The van der Waals surface area contributed by atoms with Crippen molar-refractivity contribution in [2.24, 2.45) is 0 Å². The van der Waals surface area contributed by atoms with Crippen LogP contribution in [0.4, 0.5) is 4.79 Å². The highest BCUT2D eigenvalue weighted by molar-refractivity contribution is 6.80. The van der Waals surface area contributed by atoms with Crippen LogP contribution in [0.5, 0.6) is 5.75 Å². The minimum absolute atomic E-state index is 0.186. The summed E-state index contributed by atoms with van der Waals surface area (Å²) in [6, 6.07) is 18.8. The molecule has 4 rings (SSSR count). The molecule has 1 amide bonds. The number of hydrogen-bond acceptors (Lipinski definition) is 9. The van der Waals surface area contributed by atoms with E-state index >= 15 is 0 Å². The van der Waals surface area contributed by atoms with E-state index in [1.807, 2.05) is 51.1 Å². The van der Waals surface area contributed by atoms with Gasteiger partial charge in [-0.05, 0) is 56.4 Å². The average Bonchev–Trinajstić information content (AvgIpc) is 3.18. The first-order chi connectivity index (χ1) is 21.3. The molecule has 2 aromatic carbocycles. The van der Waals surface area contributed by atoms with Gasteiger partial charge in [-0.1, -0.05) is 83.0 Å². The second-order valence-electron chi connectivity index (χ2n) is 12.7. The minimum atomic E-state index is -3.83. The van der Waals surface area contributed by atoms with Gasteiger partial charge < -0.3 is 41.2 Å². The molecule has 3 N–H and O–H groups in total. The molecular formula is C32H51NO9Si3. The molecule has 2 fully saturated rings. The number of unbranched alkanes of at least 4 members (excludes halogenated alkanes) is 2. The van der Waals surface area contributed by atoms with E-state index in [4.69, 9.17) is 26.2 Å². The Hall–Kier alpha value is -1.92. The summed E-state index contributed by atoms with van der Waals surface area (Å²) in [5, 5.41) is 2.76. The second-order valence-corrected chi connectivity index (χ2v) is 20.7. The maximum absolute atomic E-state index is 12.6. The fraction of sp³-hybridized carbons (Fsp3) is 0.594. The summed E-state index contributed by atoms with van der Waals surface area (Å²) in [6.45, 7) is 12.4. The van der Waals surface area contributed by atoms with Gasteiger partial charge in [0.15, 0.2) is 0 Å². The number of nitrogens with one attached hydrogen (secondary N) is 1. The van der Waals surface area contributed by atoms with Crippen molar-refractivity contribution in [2.45, 2.75) is 116 Å². The van der Waals surface area contributed by atoms with E-state index in [2.05, 4.69) is 38.2 Å². The summed E-state index contributed by atoms with van der Waals surface area (Å²) in [5.41, 5.74) is 2.11. The van der Waals surface area contributed by atoms with E-state index < -0.39 is 50.8 Å². The average molecular weight is 678 g/mol. The van der Waals surface area contributed by atoms with Crippen molar-refractivity contribution in [1.82, 2.24) is 5.32 Å². The lowest BCUT2D eigenvalue weighted by Crippen LogP contribution is -2.61. The lowest BCUT2D eigenvalue weighted by Gasteiger charge is -2.36. The highest BCUT2D eigenvalue weighted by atomic mass is 28.5. The SMILES string of the molecule is CCCC[Si]1(O)OC(C)C2O[Si](CCCC)(O1)O[Si](O)(CCCNC(=O)Oc1ccc(C(C)(C)c3ccccc3)cc1)OC2C. The highest BCUT2D eigenvalue weighted by Gasteiger charge is 2.63. The Kier molecular flexibility index (Phi) is 12.2. The third-order valence-electron chi connectivity index (χ3n) is 8.51. The first-order valence-electron chi connectivity index (χ1n) is 16.3. The standard InChI is InChI=1S/C32H51NO9Si3/c1-7-9-22-43(35)38-25(3)30-26(4)39-44(36,42-45(40-30,41-43)24-10-8-2)23-14-21-33-31(34)37-29-19-17-28(18-20-29)32(5,6)27-15-12-11-13-16-27/h11-13,15-20,25-26,30,35-36H,7-10,14,21-24H2,1-6H3,(H,33,34). The summed E-state index contributed by atoms with van der Waals surface area (Å²) >= 11 is 0. The van der Waals surface area contributed by atoms with E-state index in [-0.39, 0.29) is 18.0 Å². The second kappa shape index (κ2) is 15.3. The van der Waals surface area contributed by atoms with Crippen LogP contribution >= 0.6 is 0 Å². The van der Waals surface area contributed by atoms with Crippen molar-refractivity contribution >= 4 is 32.5 Å². The van der Waals surface area contributed by atoms with Gasteiger partial charge in [0.25, 0.3) is 0 Å². The number of rotatable bonds is 13. The van der Waals surface area contributed by atoms with Crippen LogP contribution in [0, 0.1) is 0 Å². The largest absolute Gasteiger partial charge is 0.491 e. The lowest BCUT2D eigenvalue weighted by molar-refractivity contribution is -0.0214. The van der Waals surface area contributed by atoms with Gasteiger partial charge in [0.1, 0.15) is 5.75 Å². The van der Waals surface area contributed by atoms with E-state index in [1.54, 1.807) is 12.1 Å². The predicted octanol–water partition coefficient (Wildman–Crippen LogP) is 6.15. The molecule has 10 nitrogen and oxygen atoms in total. The fourth-order valence-electron chi connectivity index (χ4n) is 5.88.